The molecule has 0 spiro atoms. The molecule has 0 bridgehead atoms. The SMILES string of the molecule is CC(C)(C)OC(=O)CC(=O)NCc1ccccn1. The molecule has 1 aromatic heterocycles. The van der Waals surface area contributed by atoms with Gasteiger partial charge < -0.3 is 10.1 Å². The molecule has 0 radical (unpaired) electrons. The Hall–Kier alpha value is -1.91. The van der Waals surface area contributed by atoms with Crippen molar-refractivity contribution >= 4 is 11.9 Å². The third kappa shape index (κ3) is 5.98. The lowest BCUT2D eigenvalue weighted by atomic mass is 10.2. The summed E-state index contributed by atoms with van der Waals surface area (Å²) in [5.74, 6) is -0.893. The van der Waals surface area contributed by atoms with Gasteiger partial charge in [0.2, 0.25) is 5.91 Å². The van der Waals surface area contributed by atoms with Crippen LogP contribution in [0.25, 0.3) is 0 Å². The van der Waals surface area contributed by atoms with Crippen molar-refractivity contribution in [3.05, 3.63) is 30.1 Å². The minimum Gasteiger partial charge on any atom is -0.460 e. The zero-order valence-corrected chi connectivity index (χ0v) is 10.9. The van der Waals surface area contributed by atoms with Gasteiger partial charge in [0.25, 0.3) is 0 Å². The Labute approximate surface area is 107 Å². The number of amides is 1. The normalized spacial score (nSPS) is 10.8. The number of rotatable bonds is 4. The number of pyridine rings is 1. The third-order valence-corrected chi connectivity index (χ3v) is 1.92. The molecule has 0 aliphatic heterocycles. The van der Waals surface area contributed by atoms with Gasteiger partial charge in [-0.15, -0.1) is 0 Å². The summed E-state index contributed by atoms with van der Waals surface area (Å²) in [4.78, 5) is 26.9. The number of esters is 1. The fourth-order valence-corrected chi connectivity index (χ4v) is 1.26. The summed E-state index contributed by atoms with van der Waals surface area (Å²) in [5.41, 5.74) is 0.174. The number of aromatic nitrogens is 1. The predicted molar refractivity (Wildman–Crippen MR) is 66.5 cm³/mol. The molecule has 5 heteroatoms. The van der Waals surface area contributed by atoms with Crippen molar-refractivity contribution in [2.75, 3.05) is 0 Å². The topological polar surface area (TPSA) is 68.3 Å². The highest BCUT2D eigenvalue weighted by Gasteiger charge is 2.18. The number of carbonyl (C=O) groups excluding carboxylic acids is 2. The predicted octanol–water partition coefficient (Wildman–Crippen LogP) is 1.43. The molecule has 1 heterocycles. The van der Waals surface area contributed by atoms with Crippen LogP contribution >= 0.6 is 0 Å². The van der Waals surface area contributed by atoms with Crippen molar-refractivity contribution in [3.8, 4) is 0 Å². The van der Waals surface area contributed by atoms with Crippen LogP contribution in [0.4, 0.5) is 0 Å². The van der Waals surface area contributed by atoms with Gasteiger partial charge in [-0.3, -0.25) is 14.6 Å². The first-order valence-corrected chi connectivity index (χ1v) is 5.75. The first-order chi connectivity index (χ1) is 8.37. The van der Waals surface area contributed by atoms with E-state index in [0.29, 0.717) is 6.54 Å². The molecule has 0 atom stereocenters. The summed E-state index contributed by atoms with van der Waals surface area (Å²) >= 11 is 0. The maximum absolute atomic E-state index is 11.5. The Bertz CT molecular complexity index is 410. The molecule has 1 N–H and O–H groups in total. The summed E-state index contributed by atoms with van der Waals surface area (Å²) in [6.45, 7) is 5.59. The fraction of sp³-hybridized carbons (Fsp3) is 0.462. The van der Waals surface area contributed by atoms with Crippen LogP contribution in [0.3, 0.4) is 0 Å². The Kier molecular flexibility index (Phi) is 4.83. The summed E-state index contributed by atoms with van der Waals surface area (Å²) < 4.78 is 5.05. The minimum absolute atomic E-state index is 0.274. The average Bonchev–Trinajstić information content (AvgIpc) is 2.25. The fourth-order valence-electron chi connectivity index (χ4n) is 1.26. The van der Waals surface area contributed by atoms with E-state index in [0.717, 1.165) is 5.69 Å². The molecule has 0 aliphatic rings. The second-order valence-electron chi connectivity index (χ2n) is 4.86. The van der Waals surface area contributed by atoms with Crippen molar-refractivity contribution in [2.24, 2.45) is 0 Å². The molecule has 1 aromatic rings. The molecule has 1 rings (SSSR count). The highest BCUT2D eigenvalue weighted by atomic mass is 16.6. The zero-order valence-electron chi connectivity index (χ0n) is 10.9. The van der Waals surface area contributed by atoms with Crippen LogP contribution < -0.4 is 5.32 Å². The number of carbonyl (C=O) groups is 2. The van der Waals surface area contributed by atoms with Gasteiger partial charge in [-0.2, -0.15) is 0 Å². The second-order valence-corrected chi connectivity index (χ2v) is 4.86. The van der Waals surface area contributed by atoms with E-state index in [1.807, 2.05) is 6.07 Å². The molecular weight excluding hydrogens is 232 g/mol. The quantitative estimate of drug-likeness (QED) is 0.648. The lowest BCUT2D eigenvalue weighted by molar-refractivity contribution is -0.156. The Morgan fingerprint density at radius 1 is 1.33 bits per heavy atom. The van der Waals surface area contributed by atoms with Crippen molar-refractivity contribution in [1.29, 1.82) is 0 Å². The van der Waals surface area contributed by atoms with E-state index in [2.05, 4.69) is 10.3 Å². The Morgan fingerprint density at radius 2 is 2.06 bits per heavy atom. The molecular formula is C13H18N2O3. The van der Waals surface area contributed by atoms with Gasteiger partial charge in [0.15, 0.2) is 0 Å². The van der Waals surface area contributed by atoms with Crippen molar-refractivity contribution < 1.29 is 14.3 Å². The number of hydrogen-bond acceptors (Lipinski definition) is 4. The summed E-state index contributed by atoms with van der Waals surface area (Å²) in [6.07, 6.45) is 1.37. The molecule has 0 fully saturated rings. The van der Waals surface area contributed by atoms with Gasteiger partial charge in [0.05, 0.1) is 12.2 Å². The lowest BCUT2D eigenvalue weighted by Crippen LogP contribution is -2.30. The zero-order chi connectivity index (χ0) is 13.6. The standard InChI is InChI=1S/C13H18N2O3/c1-13(2,3)18-12(17)8-11(16)15-9-10-6-4-5-7-14-10/h4-7H,8-9H2,1-3H3,(H,15,16). The highest BCUT2D eigenvalue weighted by molar-refractivity contribution is 5.94. The van der Waals surface area contributed by atoms with Gasteiger partial charge in [-0.05, 0) is 32.9 Å². The van der Waals surface area contributed by atoms with E-state index < -0.39 is 11.6 Å². The minimum atomic E-state index is -0.571. The smallest absolute Gasteiger partial charge is 0.315 e. The van der Waals surface area contributed by atoms with Gasteiger partial charge in [-0.25, -0.2) is 0 Å². The van der Waals surface area contributed by atoms with Crippen molar-refractivity contribution in [3.63, 3.8) is 0 Å². The average molecular weight is 250 g/mol. The molecule has 0 saturated heterocycles. The molecule has 5 nitrogen and oxygen atoms in total. The molecule has 98 valence electrons. The summed E-state index contributed by atoms with van der Waals surface area (Å²) in [6, 6.07) is 5.43. The number of nitrogens with zero attached hydrogens (tertiary/aromatic N) is 1. The Morgan fingerprint density at radius 3 is 2.61 bits per heavy atom. The lowest BCUT2D eigenvalue weighted by Gasteiger charge is -2.19. The molecule has 0 aliphatic carbocycles. The number of ether oxygens (including phenoxy) is 1. The van der Waals surface area contributed by atoms with Gasteiger partial charge in [0, 0.05) is 6.20 Å². The number of nitrogens with one attached hydrogen (secondary N) is 1. The van der Waals surface area contributed by atoms with E-state index in [1.54, 1.807) is 39.1 Å². The Balaban J connectivity index is 2.32. The van der Waals surface area contributed by atoms with E-state index in [-0.39, 0.29) is 12.3 Å². The second kappa shape index (κ2) is 6.14. The summed E-state index contributed by atoms with van der Waals surface area (Å²) in [7, 11) is 0. The van der Waals surface area contributed by atoms with Crippen LogP contribution in [-0.4, -0.2) is 22.5 Å². The van der Waals surface area contributed by atoms with Gasteiger partial charge in [-0.1, -0.05) is 6.07 Å². The van der Waals surface area contributed by atoms with E-state index >= 15 is 0 Å². The van der Waals surface area contributed by atoms with Crippen LogP contribution in [0.2, 0.25) is 0 Å². The van der Waals surface area contributed by atoms with Crippen molar-refractivity contribution in [2.45, 2.75) is 39.3 Å². The highest BCUT2D eigenvalue weighted by Crippen LogP contribution is 2.08. The number of hydrogen-bond donors (Lipinski definition) is 1. The maximum Gasteiger partial charge on any atom is 0.315 e. The van der Waals surface area contributed by atoms with Gasteiger partial charge in [0.1, 0.15) is 12.0 Å². The molecule has 0 unspecified atom stereocenters. The van der Waals surface area contributed by atoms with Crippen molar-refractivity contribution in [1.82, 2.24) is 10.3 Å². The molecule has 0 saturated carbocycles. The van der Waals surface area contributed by atoms with E-state index in [1.165, 1.54) is 0 Å². The maximum atomic E-state index is 11.5. The van der Waals surface area contributed by atoms with Crippen LogP contribution in [0, 0.1) is 0 Å². The van der Waals surface area contributed by atoms with Gasteiger partial charge >= 0.3 is 5.97 Å². The van der Waals surface area contributed by atoms with E-state index in [9.17, 15) is 9.59 Å². The summed E-state index contributed by atoms with van der Waals surface area (Å²) in [5, 5.41) is 2.61. The molecule has 1 amide bonds. The third-order valence-electron chi connectivity index (χ3n) is 1.92. The monoisotopic (exact) mass is 250 g/mol. The first-order valence-electron chi connectivity index (χ1n) is 5.75. The van der Waals surface area contributed by atoms with Crippen LogP contribution in [0.1, 0.15) is 32.9 Å². The molecule has 0 aromatic carbocycles. The molecule has 18 heavy (non-hydrogen) atoms. The van der Waals surface area contributed by atoms with Crippen LogP contribution in [0.5, 0.6) is 0 Å². The van der Waals surface area contributed by atoms with Crippen LogP contribution in [-0.2, 0) is 20.9 Å². The largest absolute Gasteiger partial charge is 0.460 e. The first kappa shape index (κ1) is 14.2. The van der Waals surface area contributed by atoms with Crippen LogP contribution in [0.15, 0.2) is 24.4 Å². The van der Waals surface area contributed by atoms with E-state index in [4.69, 9.17) is 4.74 Å².